The van der Waals surface area contributed by atoms with E-state index in [0.29, 0.717) is 17.1 Å². The molecule has 0 aliphatic heterocycles. The third-order valence-corrected chi connectivity index (χ3v) is 3.76. The van der Waals surface area contributed by atoms with Crippen LogP contribution in [0, 0.1) is 5.41 Å². The van der Waals surface area contributed by atoms with E-state index in [1.807, 2.05) is 45.0 Å². The van der Waals surface area contributed by atoms with Gasteiger partial charge in [0.1, 0.15) is 5.75 Å². The van der Waals surface area contributed by atoms with Crippen LogP contribution in [0.2, 0.25) is 0 Å². The van der Waals surface area contributed by atoms with Crippen LogP contribution in [0.5, 0.6) is 5.75 Å². The summed E-state index contributed by atoms with van der Waals surface area (Å²) in [5, 5.41) is 5.62. The number of ether oxygens (including phenoxy) is 1. The van der Waals surface area contributed by atoms with Crippen molar-refractivity contribution in [1.29, 1.82) is 0 Å². The lowest BCUT2D eigenvalue weighted by Gasteiger charge is -2.18. The number of amides is 2. The molecule has 0 atom stereocenters. The highest BCUT2D eigenvalue weighted by Gasteiger charge is 2.21. The summed E-state index contributed by atoms with van der Waals surface area (Å²) in [6.45, 7) is 7.53. The summed E-state index contributed by atoms with van der Waals surface area (Å²) in [5.41, 5.74) is 1.91. The topological polar surface area (TPSA) is 67.4 Å². The van der Waals surface area contributed by atoms with Gasteiger partial charge < -0.3 is 15.4 Å². The van der Waals surface area contributed by atoms with Gasteiger partial charge in [0.2, 0.25) is 5.91 Å². The molecule has 0 aliphatic carbocycles. The summed E-state index contributed by atoms with van der Waals surface area (Å²) in [7, 11) is 0. The first kappa shape index (κ1) is 19.5. The van der Waals surface area contributed by atoms with Crippen molar-refractivity contribution in [2.45, 2.75) is 34.1 Å². The number of nitrogens with one attached hydrogen (secondary N) is 2. The molecular formula is C21H26N2O3. The quantitative estimate of drug-likeness (QED) is 0.815. The number of rotatable bonds is 6. The van der Waals surface area contributed by atoms with Gasteiger partial charge in [0.15, 0.2) is 6.61 Å². The minimum Gasteiger partial charge on any atom is -0.484 e. The molecule has 0 fully saturated rings. The standard InChI is InChI=1S/C21H26N2O3/c1-5-15-8-6-11-18(12-15)26-14-19(24)22-16-9-7-10-17(13-16)23-20(25)21(2,3)4/h6-13H,5,14H2,1-4H3,(H,22,24)(H,23,25). The van der Waals surface area contributed by atoms with Gasteiger partial charge in [-0.25, -0.2) is 0 Å². The Hall–Kier alpha value is -2.82. The van der Waals surface area contributed by atoms with E-state index in [2.05, 4.69) is 17.6 Å². The molecular weight excluding hydrogens is 328 g/mol. The van der Waals surface area contributed by atoms with E-state index in [4.69, 9.17) is 4.74 Å². The summed E-state index contributed by atoms with van der Waals surface area (Å²) in [4.78, 5) is 24.2. The molecule has 0 aliphatic rings. The van der Waals surface area contributed by atoms with Crippen LogP contribution in [0.25, 0.3) is 0 Å². The maximum atomic E-state index is 12.1. The second-order valence-electron chi connectivity index (χ2n) is 7.12. The van der Waals surface area contributed by atoms with Gasteiger partial charge in [0.25, 0.3) is 5.91 Å². The fourth-order valence-electron chi connectivity index (χ4n) is 2.19. The van der Waals surface area contributed by atoms with Crippen LogP contribution >= 0.6 is 0 Å². The average molecular weight is 354 g/mol. The molecule has 5 heteroatoms. The normalized spacial score (nSPS) is 10.9. The van der Waals surface area contributed by atoms with Gasteiger partial charge in [0, 0.05) is 16.8 Å². The van der Waals surface area contributed by atoms with E-state index >= 15 is 0 Å². The van der Waals surface area contributed by atoms with Crippen LogP contribution in [-0.4, -0.2) is 18.4 Å². The number of anilines is 2. The molecule has 138 valence electrons. The number of carbonyl (C=O) groups is 2. The lowest BCUT2D eigenvalue weighted by molar-refractivity contribution is -0.123. The zero-order chi connectivity index (χ0) is 19.2. The van der Waals surface area contributed by atoms with Crippen molar-refractivity contribution in [2.75, 3.05) is 17.2 Å². The molecule has 2 N–H and O–H groups in total. The lowest BCUT2D eigenvalue weighted by atomic mass is 9.95. The molecule has 0 aromatic heterocycles. The predicted molar refractivity (Wildman–Crippen MR) is 104 cm³/mol. The zero-order valence-electron chi connectivity index (χ0n) is 15.8. The minimum absolute atomic E-state index is 0.0776. The highest BCUT2D eigenvalue weighted by Crippen LogP contribution is 2.20. The first-order valence-electron chi connectivity index (χ1n) is 8.71. The number of aryl methyl sites for hydroxylation is 1. The molecule has 0 saturated heterocycles. The highest BCUT2D eigenvalue weighted by molar-refractivity contribution is 5.96. The smallest absolute Gasteiger partial charge is 0.262 e. The van der Waals surface area contributed by atoms with Crippen molar-refractivity contribution in [3.05, 3.63) is 54.1 Å². The van der Waals surface area contributed by atoms with Crippen LogP contribution in [0.3, 0.4) is 0 Å². The van der Waals surface area contributed by atoms with Gasteiger partial charge in [-0.1, -0.05) is 45.9 Å². The molecule has 26 heavy (non-hydrogen) atoms. The third kappa shape index (κ3) is 5.92. The van der Waals surface area contributed by atoms with Crippen molar-refractivity contribution in [3.8, 4) is 5.75 Å². The molecule has 0 radical (unpaired) electrons. The van der Waals surface area contributed by atoms with Gasteiger partial charge in [-0.05, 0) is 42.3 Å². The molecule has 0 saturated carbocycles. The Morgan fingerprint density at radius 1 is 0.962 bits per heavy atom. The van der Waals surface area contributed by atoms with Crippen LogP contribution in [-0.2, 0) is 16.0 Å². The maximum Gasteiger partial charge on any atom is 0.262 e. The average Bonchev–Trinajstić information content (AvgIpc) is 2.59. The lowest BCUT2D eigenvalue weighted by Crippen LogP contribution is -2.27. The van der Waals surface area contributed by atoms with E-state index in [1.54, 1.807) is 24.3 Å². The first-order chi connectivity index (χ1) is 12.3. The first-order valence-corrected chi connectivity index (χ1v) is 8.71. The largest absolute Gasteiger partial charge is 0.484 e. The monoisotopic (exact) mass is 354 g/mol. The van der Waals surface area contributed by atoms with E-state index in [1.165, 1.54) is 0 Å². The summed E-state index contributed by atoms with van der Waals surface area (Å²) in [5.74, 6) is 0.331. The molecule has 2 amide bonds. The number of carbonyl (C=O) groups excluding carboxylic acids is 2. The molecule has 2 aromatic rings. The van der Waals surface area contributed by atoms with E-state index < -0.39 is 5.41 Å². The molecule has 2 rings (SSSR count). The predicted octanol–water partition coefficient (Wildman–Crippen LogP) is 4.25. The van der Waals surface area contributed by atoms with Crippen molar-refractivity contribution in [2.24, 2.45) is 5.41 Å². The van der Waals surface area contributed by atoms with Gasteiger partial charge in [-0.2, -0.15) is 0 Å². The SMILES string of the molecule is CCc1cccc(OCC(=O)Nc2cccc(NC(=O)C(C)(C)C)c2)c1. The maximum absolute atomic E-state index is 12.1. The Balaban J connectivity index is 1.92. The van der Waals surface area contributed by atoms with Crippen molar-refractivity contribution < 1.29 is 14.3 Å². The second-order valence-corrected chi connectivity index (χ2v) is 7.12. The van der Waals surface area contributed by atoms with Gasteiger partial charge in [-0.15, -0.1) is 0 Å². The van der Waals surface area contributed by atoms with Crippen LogP contribution in [0.4, 0.5) is 11.4 Å². The summed E-state index contributed by atoms with van der Waals surface area (Å²) in [6, 6.07) is 14.7. The summed E-state index contributed by atoms with van der Waals surface area (Å²) >= 11 is 0. The Bertz CT molecular complexity index is 779. The van der Waals surface area contributed by atoms with Crippen molar-refractivity contribution >= 4 is 23.2 Å². The van der Waals surface area contributed by atoms with Crippen LogP contribution in [0.15, 0.2) is 48.5 Å². The zero-order valence-corrected chi connectivity index (χ0v) is 15.8. The molecule has 5 nitrogen and oxygen atoms in total. The number of benzene rings is 2. The van der Waals surface area contributed by atoms with Crippen LogP contribution < -0.4 is 15.4 Å². The Kier molecular flexibility index (Phi) is 6.39. The fraction of sp³-hybridized carbons (Fsp3) is 0.333. The fourth-order valence-corrected chi connectivity index (χ4v) is 2.19. The third-order valence-electron chi connectivity index (χ3n) is 3.76. The van der Waals surface area contributed by atoms with Gasteiger partial charge in [-0.3, -0.25) is 9.59 Å². The number of hydrogen-bond acceptors (Lipinski definition) is 3. The van der Waals surface area contributed by atoms with Crippen molar-refractivity contribution in [3.63, 3.8) is 0 Å². The summed E-state index contributed by atoms with van der Waals surface area (Å²) < 4.78 is 5.54. The Morgan fingerprint density at radius 2 is 1.62 bits per heavy atom. The van der Waals surface area contributed by atoms with Gasteiger partial charge in [0.05, 0.1) is 0 Å². The molecule has 0 spiro atoms. The minimum atomic E-state index is -0.486. The molecule has 0 unspecified atom stereocenters. The number of hydrogen-bond donors (Lipinski definition) is 2. The molecule has 0 heterocycles. The Labute approximate surface area is 154 Å². The highest BCUT2D eigenvalue weighted by atomic mass is 16.5. The Morgan fingerprint density at radius 3 is 2.27 bits per heavy atom. The van der Waals surface area contributed by atoms with Crippen molar-refractivity contribution in [1.82, 2.24) is 0 Å². The molecule has 2 aromatic carbocycles. The van der Waals surface area contributed by atoms with Crippen LogP contribution in [0.1, 0.15) is 33.3 Å². The van der Waals surface area contributed by atoms with Gasteiger partial charge >= 0.3 is 0 Å². The van der Waals surface area contributed by atoms with E-state index in [0.717, 1.165) is 12.0 Å². The second kappa shape index (κ2) is 8.52. The summed E-state index contributed by atoms with van der Waals surface area (Å²) in [6.07, 6.45) is 0.913. The molecule has 0 bridgehead atoms. The van der Waals surface area contributed by atoms with E-state index in [-0.39, 0.29) is 18.4 Å². The van der Waals surface area contributed by atoms with E-state index in [9.17, 15) is 9.59 Å².